The number of hydrogen-bond donors (Lipinski definition) is 0. The molecule has 0 aromatic heterocycles. The first-order chi connectivity index (χ1) is 60.6. The van der Waals surface area contributed by atoms with Crippen LogP contribution in [0.5, 0.6) is 0 Å². The molecule has 0 heterocycles. The predicted molar refractivity (Wildman–Crippen MR) is 538 cm³/mol. The predicted octanol–water partition coefficient (Wildman–Crippen LogP) is 31.2. The Hall–Kier alpha value is -0.440. The van der Waals surface area contributed by atoms with E-state index in [-0.39, 0.29) is 0 Å². The zero-order valence-corrected chi connectivity index (χ0v) is 90.1. The summed E-state index contributed by atoms with van der Waals surface area (Å²) < 4.78 is 61.4. The van der Waals surface area contributed by atoms with Crippen molar-refractivity contribution in [2.24, 2.45) is 170 Å². The first kappa shape index (κ1) is 114. The third kappa shape index (κ3) is 34.5. The smallest absolute Gasteiger partial charge is 0.0690 e. The van der Waals surface area contributed by atoms with Gasteiger partial charge in [0, 0.05) is 80.8 Å². The van der Waals surface area contributed by atoms with Crippen LogP contribution in [0.3, 0.4) is 0 Å². The molecule has 0 aromatic rings. The van der Waals surface area contributed by atoms with Crippen molar-refractivity contribution in [1.29, 1.82) is 0 Å². The van der Waals surface area contributed by atoms with Crippen LogP contribution < -0.4 is 0 Å². The van der Waals surface area contributed by atoms with Gasteiger partial charge in [0.1, 0.15) is 0 Å². The van der Waals surface area contributed by atoms with Gasteiger partial charge in [-0.1, -0.05) is 155 Å². The van der Waals surface area contributed by atoms with Gasteiger partial charge in [-0.3, -0.25) is 0 Å². The lowest BCUT2D eigenvalue weighted by atomic mass is 9.50. The van der Waals surface area contributed by atoms with Crippen molar-refractivity contribution in [2.75, 3.05) is 87.4 Å². The van der Waals surface area contributed by atoms with Gasteiger partial charge in [-0.15, -0.1) is 0 Å². The Bertz CT molecular complexity index is 2670. The van der Waals surface area contributed by atoms with Crippen molar-refractivity contribution in [3.8, 4) is 0 Å². The number of hydrogen-bond acceptors (Lipinski definition) is 11. The first-order valence-electron chi connectivity index (χ1n) is 56.0. The zero-order chi connectivity index (χ0) is 93.3. The molecule has 11 nitrogen and oxygen atoms in total. The summed E-state index contributed by atoms with van der Waals surface area (Å²) in [5, 5.41) is 0. The second-order valence-electron chi connectivity index (χ2n) is 48.4. The molecule has 0 N–H and O–H groups in total. The van der Waals surface area contributed by atoms with Crippen LogP contribution in [-0.2, 0) is 52.1 Å². The van der Waals surface area contributed by atoms with Crippen molar-refractivity contribution in [1.82, 2.24) is 0 Å². The van der Waals surface area contributed by atoms with Gasteiger partial charge < -0.3 is 52.1 Å². The summed E-state index contributed by atoms with van der Waals surface area (Å²) in [4.78, 5) is 0. The Morgan fingerprint density at radius 2 is 0.819 bits per heavy atom. The van der Waals surface area contributed by atoms with E-state index in [2.05, 4.69) is 180 Å². The van der Waals surface area contributed by atoms with Gasteiger partial charge in [0.2, 0.25) is 0 Å². The van der Waals surface area contributed by atoms with E-state index in [0.717, 1.165) is 196 Å². The van der Waals surface area contributed by atoms with E-state index in [1.165, 1.54) is 212 Å². The summed E-state index contributed by atoms with van der Waals surface area (Å²) in [7, 11) is 5.27. The molecule has 21 aliphatic carbocycles. The SMILES string of the molecule is CCC(C)C(C)OC.CCOC(C)C(C)C.CCOC12CC3CC(CC(C3)C1)C2.CCOC1C2CC3CC(C2)CC1C3.CCOC1CC(C)CCC1C(C)C.CCOC1CC2CCC1(C)C2(C)C.CCOC1CCCC(C2CCCCC2)C1.CCOCC12CC3CC(CC(C3)C1)C2.CCOCC1C2CC3CC(C2)CC1C3.COC(C)C(C)C.COC(C)C(C)C(C)C. The highest BCUT2D eigenvalue weighted by atomic mass is 16.5. The van der Waals surface area contributed by atoms with Gasteiger partial charge >= 0.3 is 0 Å². The fourth-order valence-electron chi connectivity index (χ4n) is 30.0. The van der Waals surface area contributed by atoms with E-state index in [1.54, 1.807) is 53.4 Å². The summed E-state index contributed by atoms with van der Waals surface area (Å²) in [6, 6.07) is 0. The highest BCUT2D eigenvalue weighted by molar-refractivity contribution is 5.11. The lowest BCUT2D eigenvalue weighted by Crippen LogP contribution is -2.51. The fourth-order valence-corrected chi connectivity index (χ4v) is 30.0. The quantitative estimate of drug-likeness (QED) is 0.0715. The number of ether oxygens (including phenoxy) is 11. The summed E-state index contributed by atoms with van der Waals surface area (Å²) >= 11 is 0. The van der Waals surface area contributed by atoms with Gasteiger partial charge in [-0.2, -0.15) is 0 Å². The molecular weight excluding hydrogens is 1570 g/mol. The Balaban J connectivity index is 0.000000193. The maximum absolute atomic E-state index is 6.04. The maximum Gasteiger partial charge on any atom is 0.0690 e. The van der Waals surface area contributed by atoms with Gasteiger partial charge in [0.05, 0.1) is 61.0 Å². The second-order valence-corrected chi connectivity index (χ2v) is 48.4. The normalized spacial score (nSPS) is 38.5. The number of rotatable bonds is 29. The third-order valence-corrected chi connectivity index (χ3v) is 38.1. The molecule has 21 rings (SSSR count). The van der Waals surface area contributed by atoms with Gasteiger partial charge in [-0.05, 0) is 446 Å². The van der Waals surface area contributed by atoms with E-state index in [0.29, 0.717) is 94.3 Å². The Morgan fingerprint density at radius 1 is 0.354 bits per heavy atom. The van der Waals surface area contributed by atoms with Crippen LogP contribution in [0.25, 0.3) is 0 Å². The summed E-state index contributed by atoms with van der Waals surface area (Å²) in [5.41, 5.74) is 1.94. The summed E-state index contributed by atoms with van der Waals surface area (Å²) in [5.74, 6) is 24.3. The van der Waals surface area contributed by atoms with Crippen LogP contribution in [0, 0.1) is 170 Å². The third-order valence-electron chi connectivity index (χ3n) is 38.1. The molecule has 0 aromatic carbocycles. The molecule has 127 heavy (non-hydrogen) atoms. The Kier molecular flexibility index (Phi) is 51.1. The fraction of sp³-hybridized carbons (Fsp3) is 1.00. The molecule has 18 bridgehead atoms. The lowest BCUT2D eigenvalue weighted by molar-refractivity contribution is -0.159. The van der Waals surface area contributed by atoms with Crippen LogP contribution in [0.1, 0.15) is 431 Å². The second kappa shape index (κ2) is 57.2. The Morgan fingerprint density at radius 3 is 1.19 bits per heavy atom. The van der Waals surface area contributed by atoms with E-state index in [1.807, 2.05) is 6.92 Å². The highest BCUT2D eigenvalue weighted by Crippen LogP contribution is 2.67. The molecule has 0 amide bonds. The van der Waals surface area contributed by atoms with E-state index in [9.17, 15) is 0 Å². The average Bonchev–Trinajstić information content (AvgIpc) is 1.52. The topological polar surface area (TPSA) is 102 Å². The lowest BCUT2D eigenvalue weighted by Gasteiger charge is -2.56. The van der Waals surface area contributed by atoms with E-state index in [4.69, 9.17) is 52.1 Å². The molecule has 21 aliphatic rings. The van der Waals surface area contributed by atoms with Crippen molar-refractivity contribution in [3.63, 3.8) is 0 Å². The minimum absolute atomic E-state index is 0.351. The van der Waals surface area contributed by atoms with E-state index < -0.39 is 0 Å². The molecule has 0 saturated heterocycles. The average molecular weight is 1790 g/mol. The number of methoxy groups -OCH3 is 3. The minimum atomic E-state index is 0.351. The molecule has 21 saturated carbocycles. The molecule has 0 spiro atoms. The maximum atomic E-state index is 6.04. The summed E-state index contributed by atoms with van der Waals surface area (Å²) in [6.07, 6.45) is 59.3. The van der Waals surface area contributed by atoms with Crippen LogP contribution in [0.15, 0.2) is 0 Å². The van der Waals surface area contributed by atoms with Gasteiger partial charge in [-0.25, -0.2) is 0 Å². The van der Waals surface area contributed by atoms with Crippen molar-refractivity contribution in [3.05, 3.63) is 0 Å². The molecule has 14 unspecified atom stereocenters. The van der Waals surface area contributed by atoms with Crippen molar-refractivity contribution < 1.29 is 52.1 Å². The van der Waals surface area contributed by atoms with Gasteiger partial charge in [0.25, 0.3) is 0 Å². The molecule has 21 fully saturated rings. The zero-order valence-electron chi connectivity index (χ0n) is 90.1. The van der Waals surface area contributed by atoms with Crippen LogP contribution in [0.2, 0.25) is 0 Å². The highest BCUT2D eigenvalue weighted by Gasteiger charge is 2.62. The van der Waals surface area contributed by atoms with Gasteiger partial charge in [0.15, 0.2) is 0 Å². The van der Waals surface area contributed by atoms with Crippen molar-refractivity contribution in [2.45, 2.75) is 485 Å². The van der Waals surface area contributed by atoms with E-state index >= 15 is 0 Å². The Labute approximate surface area is 790 Å². The van der Waals surface area contributed by atoms with Crippen LogP contribution in [-0.4, -0.2) is 142 Å². The molecular formula is C116H220O11. The monoisotopic (exact) mass is 1790 g/mol. The molecule has 0 aliphatic heterocycles. The molecule has 0 radical (unpaired) electrons. The largest absolute Gasteiger partial charge is 0.381 e. The molecule has 14 atom stereocenters. The minimum Gasteiger partial charge on any atom is -0.381 e. The first-order valence-corrected chi connectivity index (χ1v) is 56.0. The van der Waals surface area contributed by atoms with Crippen LogP contribution >= 0.6 is 0 Å². The molecule has 750 valence electrons. The molecule has 11 heteroatoms. The number of fused-ring (bicyclic) bond motifs is 2. The van der Waals surface area contributed by atoms with Crippen LogP contribution in [0.4, 0.5) is 0 Å². The standard InChI is InChI=1S/C14H26O.2C13H22O.2C12H20O.C12H22O.C12H24O.C8H18O.2C7H16O.C6H14O/c1-2-15-14-10-6-9-13(11-14)12-7-4-3-5-8-12;1-2-14-9-13-6-10-3-11(7-13)5-12(4-10)8-13;1-2-14-8-13-11-4-9-3-10(6-11)7-12(13)5-9;1-2-13-12-6-9-3-10(7-12)5-11(4-9)8-12;1-2-13-12-10-4-8-3-9(6-10)7-11(12)5-8;1-5-13-10-8-9-6-7-12(10,4)11(9,2)3;1-5-13-12-8-10(4)6-7-11(12)9(2)3;1-6(2)7(3)8(4)9-5;1-5-6(2)7(3)8-4;1-5-8-7(4)6(2)3;1-5(2)6(3)7-4/h12-14H,2-11H2,1H3;10-12H,2-9H2,1H3;9-13H,2-8H2,1H3;9-11H,2-8H2,1H3;8-12H,2-7H2,1H3;9-10H,5-8H2,1-4H3;9-12H,5-8H2,1-4H3;6-8H,1-5H3;2*6-7H,5H2,1-4H3;5-6H,1-4H3. The summed E-state index contributed by atoms with van der Waals surface area (Å²) in [6.45, 7) is 68.6. The van der Waals surface area contributed by atoms with Crippen molar-refractivity contribution >= 4 is 0 Å².